The lowest BCUT2D eigenvalue weighted by Crippen LogP contribution is -2.30. The van der Waals surface area contributed by atoms with Crippen molar-refractivity contribution in [1.82, 2.24) is 4.57 Å². The first-order chi connectivity index (χ1) is 12.5. The number of ketones is 1. The molecule has 0 bridgehead atoms. The molecule has 0 N–H and O–H groups in total. The second-order valence-electron chi connectivity index (χ2n) is 7.62. The van der Waals surface area contributed by atoms with Crippen LogP contribution in [0.2, 0.25) is 0 Å². The average Bonchev–Trinajstić information content (AvgIpc) is 2.83. The molecule has 0 spiro atoms. The van der Waals surface area contributed by atoms with E-state index >= 15 is 0 Å². The van der Waals surface area contributed by atoms with Crippen LogP contribution < -0.4 is 24.2 Å². The first kappa shape index (κ1) is 21.0. The summed E-state index contributed by atoms with van der Waals surface area (Å²) in [5.74, 6) is 1.19. The van der Waals surface area contributed by atoms with Gasteiger partial charge in [0.25, 0.3) is 5.56 Å². The van der Waals surface area contributed by atoms with E-state index in [4.69, 9.17) is 9.47 Å². The van der Waals surface area contributed by atoms with Crippen LogP contribution in [-0.4, -0.2) is 23.6 Å². The highest BCUT2D eigenvalue weighted by atomic mass is 32.1. The number of rotatable bonds is 5. The van der Waals surface area contributed by atoms with Crippen LogP contribution in [0.5, 0.6) is 11.5 Å². The Bertz CT molecular complexity index is 1010. The van der Waals surface area contributed by atoms with Crippen molar-refractivity contribution in [3.8, 4) is 11.5 Å². The first-order valence-electron chi connectivity index (χ1n) is 8.82. The molecule has 0 saturated heterocycles. The molecule has 1 heterocycles. The lowest BCUT2D eigenvalue weighted by molar-refractivity contribution is -0.120. The molecule has 5 nitrogen and oxygen atoms in total. The van der Waals surface area contributed by atoms with Gasteiger partial charge in [0.1, 0.15) is 4.66 Å². The number of benzene rings is 1. The molecule has 146 valence electrons. The zero-order valence-corrected chi connectivity index (χ0v) is 17.8. The van der Waals surface area contributed by atoms with Crippen LogP contribution >= 0.6 is 11.3 Å². The Labute approximate surface area is 163 Å². The van der Waals surface area contributed by atoms with Gasteiger partial charge in [-0.3, -0.25) is 9.59 Å². The second kappa shape index (κ2) is 8.13. The molecule has 6 heteroatoms. The number of para-hydroxylation sites is 1. The Balaban J connectivity index is 2.66. The summed E-state index contributed by atoms with van der Waals surface area (Å²) < 4.78 is 14.0. The lowest BCUT2D eigenvalue weighted by Gasteiger charge is -2.15. The SMILES string of the molecule is COc1cccc(/C=c2\s/c(=C\C(=O)C(C)(C)C)n(C)c2=O)c1OC(C)C. The van der Waals surface area contributed by atoms with E-state index < -0.39 is 5.41 Å². The van der Waals surface area contributed by atoms with Crippen LogP contribution in [0.3, 0.4) is 0 Å². The molecule has 0 amide bonds. The van der Waals surface area contributed by atoms with E-state index in [1.807, 2.05) is 52.8 Å². The summed E-state index contributed by atoms with van der Waals surface area (Å²) in [5.41, 5.74) is 0.122. The average molecular weight is 390 g/mol. The van der Waals surface area contributed by atoms with Crippen molar-refractivity contribution in [2.45, 2.75) is 40.7 Å². The molecule has 0 unspecified atom stereocenters. The number of methoxy groups -OCH3 is 1. The molecular weight excluding hydrogens is 362 g/mol. The van der Waals surface area contributed by atoms with Crippen LogP contribution in [0.25, 0.3) is 12.2 Å². The third-order valence-corrected chi connectivity index (χ3v) is 5.04. The molecule has 1 aromatic heterocycles. The van der Waals surface area contributed by atoms with Gasteiger partial charge in [0, 0.05) is 24.1 Å². The standard InChI is InChI=1S/C21H27NO4S/c1-13(2)26-19-14(9-8-10-15(19)25-7)11-16-20(24)22(6)18(27-16)12-17(23)21(3,4)5/h8-13H,1-7H3/b16-11-,18-12-. The third kappa shape index (κ3) is 4.89. The Hall–Kier alpha value is -2.34. The molecule has 0 aliphatic heterocycles. The molecule has 27 heavy (non-hydrogen) atoms. The summed E-state index contributed by atoms with van der Waals surface area (Å²) >= 11 is 1.29. The van der Waals surface area contributed by atoms with Gasteiger partial charge in [-0.2, -0.15) is 0 Å². The number of hydrogen-bond acceptors (Lipinski definition) is 5. The van der Waals surface area contributed by atoms with Crippen LogP contribution in [0.15, 0.2) is 23.0 Å². The fourth-order valence-electron chi connectivity index (χ4n) is 2.35. The summed E-state index contributed by atoms with van der Waals surface area (Å²) in [6.07, 6.45) is 3.29. The summed E-state index contributed by atoms with van der Waals surface area (Å²) in [4.78, 5) is 25.0. The Kier molecular flexibility index (Phi) is 6.31. The highest BCUT2D eigenvalue weighted by Crippen LogP contribution is 2.32. The minimum atomic E-state index is -0.491. The fourth-order valence-corrected chi connectivity index (χ4v) is 3.37. The molecular formula is C21H27NO4S. The smallest absolute Gasteiger partial charge is 0.268 e. The molecule has 0 aliphatic carbocycles. The maximum absolute atomic E-state index is 12.7. The summed E-state index contributed by atoms with van der Waals surface area (Å²) in [6.45, 7) is 9.44. The van der Waals surface area contributed by atoms with Crippen molar-refractivity contribution >= 4 is 29.3 Å². The van der Waals surface area contributed by atoms with Crippen molar-refractivity contribution in [3.63, 3.8) is 0 Å². The van der Waals surface area contributed by atoms with Crippen LogP contribution in [-0.2, 0) is 11.8 Å². The number of ether oxygens (including phenoxy) is 2. The van der Waals surface area contributed by atoms with Gasteiger partial charge in [0.05, 0.1) is 17.7 Å². The van der Waals surface area contributed by atoms with Gasteiger partial charge in [0.15, 0.2) is 17.3 Å². The topological polar surface area (TPSA) is 57.5 Å². The van der Waals surface area contributed by atoms with E-state index in [0.717, 1.165) is 5.56 Å². The van der Waals surface area contributed by atoms with Gasteiger partial charge in [-0.25, -0.2) is 0 Å². The monoisotopic (exact) mass is 389 g/mol. The minimum absolute atomic E-state index is 0.0175. The number of Topliss-reactive ketones (excluding diaryl/α,β-unsaturated/α-hetero) is 1. The Morgan fingerprint density at radius 3 is 2.48 bits per heavy atom. The van der Waals surface area contributed by atoms with E-state index in [9.17, 15) is 9.59 Å². The number of aromatic nitrogens is 1. The number of nitrogens with zero attached hydrogens (tertiary/aromatic N) is 1. The largest absolute Gasteiger partial charge is 0.493 e. The normalized spacial score (nSPS) is 13.3. The van der Waals surface area contributed by atoms with E-state index in [1.165, 1.54) is 15.9 Å². The maximum Gasteiger partial charge on any atom is 0.268 e. The second-order valence-corrected chi connectivity index (χ2v) is 8.68. The third-order valence-electron chi connectivity index (χ3n) is 3.92. The lowest BCUT2D eigenvalue weighted by atomic mass is 9.91. The summed E-state index contributed by atoms with van der Waals surface area (Å²) in [5, 5.41) is 0. The number of carbonyl (C=O) groups is 1. The van der Waals surface area contributed by atoms with Crippen LogP contribution in [0, 0.1) is 5.41 Å². The maximum atomic E-state index is 12.7. The van der Waals surface area contributed by atoms with Gasteiger partial charge >= 0.3 is 0 Å². The predicted octanol–water partition coefficient (Wildman–Crippen LogP) is 2.47. The first-order valence-corrected chi connectivity index (χ1v) is 9.63. The van der Waals surface area contributed by atoms with Gasteiger partial charge in [-0.15, -0.1) is 11.3 Å². The van der Waals surface area contributed by atoms with Gasteiger partial charge in [-0.05, 0) is 26.0 Å². The van der Waals surface area contributed by atoms with Crippen LogP contribution in [0.4, 0.5) is 0 Å². The van der Waals surface area contributed by atoms with E-state index in [2.05, 4.69) is 0 Å². The minimum Gasteiger partial charge on any atom is -0.493 e. The van der Waals surface area contributed by atoms with Gasteiger partial charge in [0.2, 0.25) is 0 Å². The van der Waals surface area contributed by atoms with Crippen molar-refractivity contribution in [1.29, 1.82) is 0 Å². The Morgan fingerprint density at radius 2 is 1.93 bits per heavy atom. The number of carbonyl (C=O) groups excluding carboxylic acids is 1. The molecule has 2 rings (SSSR count). The zero-order chi connectivity index (χ0) is 20.4. The zero-order valence-electron chi connectivity index (χ0n) is 17.0. The summed E-state index contributed by atoms with van der Waals surface area (Å²) in [7, 11) is 3.26. The highest BCUT2D eigenvalue weighted by molar-refractivity contribution is 7.07. The molecule has 0 aliphatic rings. The number of thiazole rings is 1. The molecule has 2 aromatic rings. The van der Waals surface area contributed by atoms with Gasteiger partial charge < -0.3 is 14.0 Å². The van der Waals surface area contributed by atoms with E-state index in [1.54, 1.807) is 26.3 Å². The molecule has 1 aromatic carbocycles. The molecule has 0 fully saturated rings. The van der Waals surface area contributed by atoms with Crippen molar-refractivity contribution < 1.29 is 14.3 Å². The quantitative estimate of drug-likeness (QED) is 0.788. The van der Waals surface area contributed by atoms with Crippen molar-refractivity contribution in [2.75, 3.05) is 7.11 Å². The van der Waals surface area contributed by atoms with Gasteiger partial charge in [-0.1, -0.05) is 32.9 Å². The predicted molar refractivity (Wildman–Crippen MR) is 110 cm³/mol. The number of hydrogen-bond donors (Lipinski definition) is 0. The highest BCUT2D eigenvalue weighted by Gasteiger charge is 2.19. The van der Waals surface area contributed by atoms with E-state index in [0.29, 0.717) is 20.7 Å². The van der Waals surface area contributed by atoms with E-state index in [-0.39, 0.29) is 17.4 Å². The van der Waals surface area contributed by atoms with Crippen molar-refractivity contribution in [3.05, 3.63) is 43.3 Å². The molecule has 0 saturated carbocycles. The fraction of sp³-hybridized carbons (Fsp3) is 0.429. The van der Waals surface area contributed by atoms with Crippen LogP contribution in [0.1, 0.15) is 40.2 Å². The molecule has 0 atom stereocenters. The Morgan fingerprint density at radius 1 is 1.26 bits per heavy atom. The van der Waals surface area contributed by atoms with Crippen molar-refractivity contribution in [2.24, 2.45) is 12.5 Å². The summed E-state index contributed by atoms with van der Waals surface area (Å²) in [6, 6.07) is 5.55. The molecule has 0 radical (unpaired) electrons.